The molecule has 0 aromatic heterocycles. The van der Waals surface area contributed by atoms with Crippen molar-refractivity contribution in [3.63, 3.8) is 0 Å². The highest BCUT2D eigenvalue weighted by Gasteiger charge is 1.99. The van der Waals surface area contributed by atoms with Gasteiger partial charge in [-0.25, -0.2) is 4.39 Å². The third kappa shape index (κ3) is 9.18. The van der Waals surface area contributed by atoms with Gasteiger partial charge in [0.15, 0.2) is 0 Å². The van der Waals surface area contributed by atoms with Crippen LogP contribution < -0.4 is 10.1 Å². The second-order valence-corrected chi connectivity index (χ2v) is 6.06. The van der Waals surface area contributed by atoms with Crippen LogP contribution in [0.5, 0.6) is 5.75 Å². The molecule has 0 aliphatic carbocycles. The normalized spacial score (nSPS) is 10.4. The molecule has 0 amide bonds. The summed E-state index contributed by atoms with van der Waals surface area (Å²) < 4.78 is 24.2. The van der Waals surface area contributed by atoms with Crippen LogP contribution in [-0.2, 0) is 17.9 Å². The van der Waals surface area contributed by atoms with Gasteiger partial charge < -0.3 is 14.8 Å². The van der Waals surface area contributed by atoms with Crippen molar-refractivity contribution in [3.05, 3.63) is 65.5 Å². The number of halogens is 2. The van der Waals surface area contributed by atoms with E-state index in [0.717, 1.165) is 50.5 Å². The van der Waals surface area contributed by atoms with E-state index in [1.165, 1.54) is 24.1 Å². The van der Waals surface area contributed by atoms with Crippen molar-refractivity contribution in [1.82, 2.24) is 5.32 Å². The largest absolute Gasteiger partial charge is 0.489 e. The summed E-state index contributed by atoms with van der Waals surface area (Å²) in [4.78, 5) is 0. The van der Waals surface area contributed by atoms with Crippen molar-refractivity contribution >= 4 is 12.4 Å². The molecule has 3 nitrogen and oxygen atoms in total. The Bertz CT molecular complexity index is 607. The van der Waals surface area contributed by atoms with Gasteiger partial charge in [0.05, 0.1) is 0 Å². The maximum atomic E-state index is 12.9. The lowest BCUT2D eigenvalue weighted by molar-refractivity contribution is 0.129. The van der Waals surface area contributed by atoms with E-state index in [0.29, 0.717) is 6.61 Å². The van der Waals surface area contributed by atoms with Crippen molar-refractivity contribution in [2.45, 2.75) is 39.3 Å². The molecule has 2 aromatic rings. The van der Waals surface area contributed by atoms with Crippen molar-refractivity contribution in [2.75, 3.05) is 19.8 Å². The molecule has 2 aromatic carbocycles. The molecule has 26 heavy (non-hydrogen) atoms. The Morgan fingerprint density at radius 2 is 1.73 bits per heavy atom. The fourth-order valence-electron chi connectivity index (χ4n) is 2.37. The van der Waals surface area contributed by atoms with Crippen LogP contribution in [0, 0.1) is 5.82 Å². The minimum absolute atomic E-state index is 0. The van der Waals surface area contributed by atoms with Gasteiger partial charge in [-0.2, -0.15) is 0 Å². The lowest BCUT2D eigenvalue weighted by Gasteiger charge is -2.09. The van der Waals surface area contributed by atoms with Gasteiger partial charge in [-0.3, -0.25) is 0 Å². The Labute approximate surface area is 162 Å². The van der Waals surface area contributed by atoms with E-state index in [2.05, 4.69) is 18.3 Å². The zero-order chi connectivity index (χ0) is 17.7. The number of unbranched alkanes of at least 4 members (excludes halogenated alkanes) is 1. The monoisotopic (exact) mass is 381 g/mol. The first-order valence-electron chi connectivity index (χ1n) is 9.02. The molecule has 2 rings (SSSR count). The standard InChI is InChI=1S/C21H28FNO2.ClH/c1-2-3-13-24-14-5-12-23-16-19-6-4-7-21(15-19)25-17-18-8-10-20(22)11-9-18;/h4,6-11,15,23H,2-3,5,12-14,16-17H2,1H3;1H. The predicted molar refractivity (Wildman–Crippen MR) is 106 cm³/mol. The second-order valence-electron chi connectivity index (χ2n) is 6.06. The quantitative estimate of drug-likeness (QED) is 0.517. The van der Waals surface area contributed by atoms with Gasteiger partial charge in [-0.05, 0) is 54.8 Å². The van der Waals surface area contributed by atoms with Gasteiger partial charge >= 0.3 is 0 Å². The number of ether oxygens (including phenoxy) is 2. The summed E-state index contributed by atoms with van der Waals surface area (Å²) >= 11 is 0. The molecular formula is C21H29ClFNO2. The van der Waals surface area contributed by atoms with Gasteiger partial charge in [-0.1, -0.05) is 37.6 Å². The van der Waals surface area contributed by atoms with Gasteiger partial charge in [-0.15, -0.1) is 12.4 Å². The molecule has 0 atom stereocenters. The SMILES string of the molecule is CCCCOCCCNCc1cccc(OCc2ccc(F)cc2)c1.Cl. The van der Waals surface area contributed by atoms with E-state index in [9.17, 15) is 4.39 Å². The van der Waals surface area contributed by atoms with E-state index in [1.807, 2.05) is 18.2 Å². The molecule has 0 spiro atoms. The number of benzene rings is 2. The summed E-state index contributed by atoms with van der Waals surface area (Å²) in [6.45, 7) is 6.03. The molecule has 0 unspecified atom stereocenters. The molecule has 0 radical (unpaired) electrons. The predicted octanol–water partition coefficient (Wildman–Crippen LogP) is 5.12. The molecule has 0 bridgehead atoms. The van der Waals surface area contributed by atoms with Crippen LogP contribution in [0.3, 0.4) is 0 Å². The lowest BCUT2D eigenvalue weighted by Crippen LogP contribution is -2.16. The Hall–Kier alpha value is -1.62. The van der Waals surface area contributed by atoms with Crippen molar-refractivity contribution in [2.24, 2.45) is 0 Å². The Balaban J connectivity index is 0.00000338. The molecule has 5 heteroatoms. The molecule has 0 aliphatic heterocycles. The fraction of sp³-hybridized carbons (Fsp3) is 0.429. The Morgan fingerprint density at radius 1 is 0.962 bits per heavy atom. The fourth-order valence-corrected chi connectivity index (χ4v) is 2.37. The van der Waals surface area contributed by atoms with E-state index in [-0.39, 0.29) is 18.2 Å². The molecule has 144 valence electrons. The first-order valence-corrected chi connectivity index (χ1v) is 9.02. The smallest absolute Gasteiger partial charge is 0.123 e. The minimum atomic E-state index is -0.229. The van der Waals surface area contributed by atoms with Crippen LogP contribution in [0.1, 0.15) is 37.3 Å². The van der Waals surface area contributed by atoms with E-state index < -0.39 is 0 Å². The third-order valence-corrected chi connectivity index (χ3v) is 3.83. The van der Waals surface area contributed by atoms with Crippen LogP contribution in [0.4, 0.5) is 4.39 Å². The Morgan fingerprint density at radius 3 is 2.50 bits per heavy atom. The second kappa shape index (κ2) is 13.6. The summed E-state index contributed by atoms with van der Waals surface area (Å²) in [6, 6.07) is 14.4. The van der Waals surface area contributed by atoms with Crippen LogP contribution >= 0.6 is 12.4 Å². The number of hydrogen-bond donors (Lipinski definition) is 1. The Kier molecular flexibility index (Phi) is 11.7. The zero-order valence-corrected chi connectivity index (χ0v) is 16.2. The molecule has 0 saturated heterocycles. The van der Waals surface area contributed by atoms with Gasteiger partial charge in [0.1, 0.15) is 18.2 Å². The molecule has 0 saturated carbocycles. The van der Waals surface area contributed by atoms with E-state index >= 15 is 0 Å². The van der Waals surface area contributed by atoms with Gasteiger partial charge in [0.25, 0.3) is 0 Å². The van der Waals surface area contributed by atoms with Crippen LogP contribution in [-0.4, -0.2) is 19.8 Å². The third-order valence-electron chi connectivity index (χ3n) is 3.83. The zero-order valence-electron chi connectivity index (χ0n) is 15.4. The molecule has 1 N–H and O–H groups in total. The van der Waals surface area contributed by atoms with Crippen molar-refractivity contribution in [3.8, 4) is 5.75 Å². The van der Waals surface area contributed by atoms with Gasteiger partial charge in [0, 0.05) is 19.8 Å². The van der Waals surface area contributed by atoms with Crippen LogP contribution in [0.15, 0.2) is 48.5 Å². The summed E-state index contributed by atoms with van der Waals surface area (Å²) in [5.41, 5.74) is 2.14. The average molecular weight is 382 g/mol. The van der Waals surface area contributed by atoms with E-state index in [4.69, 9.17) is 9.47 Å². The molecule has 0 heterocycles. The maximum Gasteiger partial charge on any atom is 0.123 e. The average Bonchev–Trinajstić information content (AvgIpc) is 2.64. The number of rotatable bonds is 12. The topological polar surface area (TPSA) is 30.5 Å². The highest BCUT2D eigenvalue weighted by Crippen LogP contribution is 2.15. The van der Waals surface area contributed by atoms with Crippen molar-refractivity contribution in [1.29, 1.82) is 0 Å². The molecule has 0 fully saturated rings. The highest BCUT2D eigenvalue weighted by molar-refractivity contribution is 5.85. The number of nitrogens with one attached hydrogen (secondary N) is 1. The maximum absolute atomic E-state index is 12.9. The van der Waals surface area contributed by atoms with Crippen molar-refractivity contribution < 1.29 is 13.9 Å². The highest BCUT2D eigenvalue weighted by atomic mass is 35.5. The molecule has 0 aliphatic rings. The minimum Gasteiger partial charge on any atom is -0.489 e. The van der Waals surface area contributed by atoms with Gasteiger partial charge in [0.2, 0.25) is 0 Å². The first-order chi connectivity index (χ1) is 12.3. The van der Waals surface area contributed by atoms with Crippen LogP contribution in [0.2, 0.25) is 0 Å². The van der Waals surface area contributed by atoms with E-state index in [1.54, 1.807) is 12.1 Å². The number of hydrogen-bond acceptors (Lipinski definition) is 3. The summed E-state index contributed by atoms with van der Waals surface area (Å²) in [7, 11) is 0. The molecular weight excluding hydrogens is 353 g/mol. The lowest BCUT2D eigenvalue weighted by atomic mass is 10.2. The van der Waals surface area contributed by atoms with Crippen LogP contribution in [0.25, 0.3) is 0 Å². The summed E-state index contributed by atoms with van der Waals surface area (Å²) in [6.07, 6.45) is 3.33. The summed E-state index contributed by atoms with van der Waals surface area (Å²) in [5.74, 6) is 0.596. The summed E-state index contributed by atoms with van der Waals surface area (Å²) in [5, 5.41) is 3.42. The first kappa shape index (κ1) is 22.4.